The number of alkyl halides is 4. The van der Waals surface area contributed by atoms with E-state index in [9.17, 15) is 13.2 Å². The molecule has 100 valence electrons. The molecular formula is C12H12ClF3O2. The summed E-state index contributed by atoms with van der Waals surface area (Å²) in [5.41, 5.74) is 2.89. The van der Waals surface area contributed by atoms with Crippen LogP contribution in [0.4, 0.5) is 13.2 Å². The van der Waals surface area contributed by atoms with Crippen molar-refractivity contribution in [2.24, 2.45) is 0 Å². The molecule has 0 aliphatic carbocycles. The van der Waals surface area contributed by atoms with E-state index >= 15 is 0 Å². The van der Waals surface area contributed by atoms with Crippen molar-refractivity contribution >= 4 is 11.6 Å². The van der Waals surface area contributed by atoms with Crippen LogP contribution in [0.1, 0.15) is 22.1 Å². The predicted octanol–water partition coefficient (Wildman–Crippen LogP) is 3.58. The first-order valence-corrected chi connectivity index (χ1v) is 5.87. The Bertz CT molecular complexity index is 420. The Morgan fingerprint density at radius 1 is 1.28 bits per heavy atom. The van der Waals surface area contributed by atoms with E-state index in [0.717, 1.165) is 16.7 Å². The molecule has 0 N–H and O–H groups in total. The third-order valence-corrected chi connectivity index (χ3v) is 3.02. The molecular weight excluding hydrogens is 269 g/mol. The normalized spacial score (nSPS) is 16.7. The molecule has 0 saturated carbocycles. The van der Waals surface area contributed by atoms with Crippen molar-refractivity contribution in [3.63, 3.8) is 0 Å². The van der Waals surface area contributed by atoms with Gasteiger partial charge in [0.1, 0.15) is 6.61 Å². The number of rotatable bonds is 4. The molecule has 1 atom stereocenters. The van der Waals surface area contributed by atoms with E-state index in [-0.39, 0.29) is 6.61 Å². The fourth-order valence-electron chi connectivity index (χ4n) is 1.76. The van der Waals surface area contributed by atoms with Gasteiger partial charge in [0.2, 0.25) is 0 Å². The highest BCUT2D eigenvalue weighted by atomic mass is 35.5. The van der Waals surface area contributed by atoms with Crippen LogP contribution in [-0.2, 0) is 22.7 Å². The molecule has 0 spiro atoms. The third kappa shape index (κ3) is 3.60. The minimum Gasteiger partial charge on any atom is -0.372 e. The molecule has 6 heteroatoms. The quantitative estimate of drug-likeness (QED) is 0.785. The van der Waals surface area contributed by atoms with Crippen molar-refractivity contribution in [1.29, 1.82) is 0 Å². The summed E-state index contributed by atoms with van der Waals surface area (Å²) in [5, 5.41) is -0.585. The van der Waals surface area contributed by atoms with Gasteiger partial charge in [0, 0.05) is 0 Å². The van der Waals surface area contributed by atoms with Crippen LogP contribution in [0.2, 0.25) is 0 Å². The number of hydrogen-bond acceptors (Lipinski definition) is 2. The number of halogens is 4. The fraction of sp³-hybridized carbons (Fsp3) is 0.500. The summed E-state index contributed by atoms with van der Waals surface area (Å²) in [6.07, 6.45) is -4.32. The fourth-order valence-corrected chi connectivity index (χ4v) is 1.99. The lowest BCUT2D eigenvalue weighted by Crippen LogP contribution is -2.18. The molecule has 0 aromatic heterocycles. The highest BCUT2D eigenvalue weighted by Crippen LogP contribution is 2.27. The van der Waals surface area contributed by atoms with E-state index in [1.807, 2.05) is 12.1 Å². The number of hydrogen-bond donors (Lipinski definition) is 0. The van der Waals surface area contributed by atoms with Gasteiger partial charge in [-0.15, -0.1) is 11.6 Å². The second-order valence-electron chi connectivity index (χ2n) is 4.12. The van der Waals surface area contributed by atoms with Crippen LogP contribution in [0.25, 0.3) is 0 Å². The van der Waals surface area contributed by atoms with Gasteiger partial charge in [-0.05, 0) is 16.7 Å². The standard InChI is InChI=1S/C12H12ClF3O2/c13-11(6-18-7-12(14,15)16)8-1-2-9-4-17-5-10(9)3-8/h1-3,11H,4-7H2. The maximum Gasteiger partial charge on any atom is 0.411 e. The zero-order valence-corrected chi connectivity index (χ0v) is 10.2. The molecule has 2 rings (SSSR count). The summed E-state index contributed by atoms with van der Waals surface area (Å²) in [6, 6.07) is 5.54. The highest BCUT2D eigenvalue weighted by molar-refractivity contribution is 6.20. The predicted molar refractivity (Wildman–Crippen MR) is 60.4 cm³/mol. The lowest BCUT2D eigenvalue weighted by molar-refractivity contribution is -0.173. The van der Waals surface area contributed by atoms with Crippen LogP contribution in [-0.4, -0.2) is 19.4 Å². The molecule has 1 aliphatic rings. The van der Waals surface area contributed by atoms with Crippen LogP contribution in [0, 0.1) is 0 Å². The van der Waals surface area contributed by atoms with Gasteiger partial charge in [-0.3, -0.25) is 0 Å². The molecule has 1 unspecified atom stereocenters. The third-order valence-electron chi connectivity index (χ3n) is 2.64. The SMILES string of the molecule is FC(F)(F)COCC(Cl)c1ccc2c(c1)COC2. The smallest absolute Gasteiger partial charge is 0.372 e. The van der Waals surface area contributed by atoms with Crippen molar-refractivity contribution in [2.75, 3.05) is 13.2 Å². The summed E-state index contributed by atoms with van der Waals surface area (Å²) in [7, 11) is 0. The van der Waals surface area contributed by atoms with Crippen molar-refractivity contribution in [3.05, 3.63) is 34.9 Å². The van der Waals surface area contributed by atoms with Crippen molar-refractivity contribution in [3.8, 4) is 0 Å². The summed E-state index contributed by atoms with van der Waals surface area (Å²) >= 11 is 6.00. The Hall–Kier alpha value is -0.780. The largest absolute Gasteiger partial charge is 0.411 e. The van der Waals surface area contributed by atoms with E-state index in [2.05, 4.69) is 4.74 Å². The lowest BCUT2D eigenvalue weighted by atomic mass is 10.0. The van der Waals surface area contributed by atoms with Crippen molar-refractivity contribution in [2.45, 2.75) is 24.8 Å². The molecule has 0 bridgehead atoms. The van der Waals surface area contributed by atoms with E-state index in [1.165, 1.54) is 0 Å². The highest BCUT2D eigenvalue weighted by Gasteiger charge is 2.28. The second kappa shape index (κ2) is 5.47. The van der Waals surface area contributed by atoms with Gasteiger partial charge < -0.3 is 9.47 Å². The van der Waals surface area contributed by atoms with Crippen LogP contribution in [0.5, 0.6) is 0 Å². The van der Waals surface area contributed by atoms with E-state index in [1.54, 1.807) is 6.07 Å². The first-order chi connectivity index (χ1) is 8.46. The van der Waals surface area contributed by atoms with Crippen LogP contribution < -0.4 is 0 Å². The van der Waals surface area contributed by atoms with Gasteiger partial charge in [-0.25, -0.2) is 0 Å². The first kappa shape index (κ1) is 13.6. The summed E-state index contributed by atoms with van der Waals surface area (Å²) in [5.74, 6) is 0. The van der Waals surface area contributed by atoms with E-state index < -0.39 is 18.2 Å². The van der Waals surface area contributed by atoms with Crippen molar-refractivity contribution in [1.82, 2.24) is 0 Å². The molecule has 0 fully saturated rings. The first-order valence-electron chi connectivity index (χ1n) is 5.44. The summed E-state index contributed by atoms with van der Waals surface area (Å²) in [4.78, 5) is 0. The Balaban J connectivity index is 1.91. The average molecular weight is 281 g/mol. The molecule has 0 amide bonds. The molecule has 2 nitrogen and oxygen atoms in total. The van der Waals surface area contributed by atoms with Gasteiger partial charge in [0.05, 0.1) is 25.2 Å². The molecule has 1 aromatic rings. The van der Waals surface area contributed by atoms with Gasteiger partial charge in [0.25, 0.3) is 0 Å². The van der Waals surface area contributed by atoms with Gasteiger partial charge in [-0.1, -0.05) is 18.2 Å². The monoisotopic (exact) mass is 280 g/mol. The average Bonchev–Trinajstić information content (AvgIpc) is 2.73. The second-order valence-corrected chi connectivity index (χ2v) is 4.65. The molecule has 1 heterocycles. The van der Waals surface area contributed by atoms with Crippen LogP contribution >= 0.6 is 11.6 Å². The van der Waals surface area contributed by atoms with E-state index in [0.29, 0.717) is 13.2 Å². The van der Waals surface area contributed by atoms with Gasteiger partial charge >= 0.3 is 6.18 Å². The lowest BCUT2D eigenvalue weighted by Gasteiger charge is -2.13. The topological polar surface area (TPSA) is 18.5 Å². The summed E-state index contributed by atoms with van der Waals surface area (Å²) in [6.45, 7) is -0.339. The molecule has 18 heavy (non-hydrogen) atoms. The molecule has 0 radical (unpaired) electrons. The van der Waals surface area contributed by atoms with Crippen LogP contribution in [0.3, 0.4) is 0 Å². The zero-order chi connectivity index (χ0) is 13.2. The molecule has 0 saturated heterocycles. The Morgan fingerprint density at radius 2 is 2.00 bits per heavy atom. The van der Waals surface area contributed by atoms with E-state index in [4.69, 9.17) is 16.3 Å². The number of fused-ring (bicyclic) bond motifs is 1. The van der Waals surface area contributed by atoms with Crippen molar-refractivity contribution < 1.29 is 22.6 Å². The minimum atomic E-state index is -4.32. The molecule has 1 aromatic carbocycles. The minimum absolute atomic E-state index is 0.166. The zero-order valence-electron chi connectivity index (χ0n) is 9.47. The van der Waals surface area contributed by atoms with Gasteiger partial charge in [0.15, 0.2) is 0 Å². The Labute approximate surface area is 108 Å². The maximum absolute atomic E-state index is 11.9. The number of benzene rings is 1. The maximum atomic E-state index is 11.9. The Kier molecular flexibility index (Phi) is 4.14. The molecule has 1 aliphatic heterocycles. The summed E-state index contributed by atoms with van der Waals surface area (Å²) < 4.78 is 45.5. The van der Waals surface area contributed by atoms with Crippen LogP contribution in [0.15, 0.2) is 18.2 Å². The van der Waals surface area contributed by atoms with Gasteiger partial charge in [-0.2, -0.15) is 13.2 Å². The Morgan fingerprint density at radius 3 is 2.72 bits per heavy atom. The number of ether oxygens (including phenoxy) is 2.